The summed E-state index contributed by atoms with van der Waals surface area (Å²) in [6, 6.07) is 1.27. The van der Waals surface area contributed by atoms with E-state index in [4.69, 9.17) is 0 Å². The number of hydrogen-bond donors (Lipinski definition) is 0. The molecule has 1 atom stereocenters. The predicted molar refractivity (Wildman–Crippen MR) is 45.9 cm³/mol. The number of aromatic nitrogens is 1. The summed E-state index contributed by atoms with van der Waals surface area (Å²) in [5.41, 5.74) is 0.258. The van der Waals surface area contributed by atoms with E-state index in [0.717, 1.165) is 13.3 Å². The molecule has 0 N–H and O–H groups in total. The van der Waals surface area contributed by atoms with Gasteiger partial charge in [-0.1, -0.05) is 0 Å². The molecule has 84 valence electrons. The summed E-state index contributed by atoms with van der Waals surface area (Å²) >= 11 is 0. The second-order valence-electron chi connectivity index (χ2n) is 3.16. The molecule has 0 fully saturated rings. The Morgan fingerprint density at radius 1 is 1.40 bits per heavy atom. The van der Waals surface area contributed by atoms with Gasteiger partial charge in [0.25, 0.3) is 0 Å². The van der Waals surface area contributed by atoms with E-state index in [1.807, 2.05) is 0 Å². The molecular weight excluding hydrogens is 211 g/mol. The number of pyridine rings is 1. The average Bonchev–Trinajstić information content (AvgIpc) is 1.99. The third kappa shape index (κ3) is 2.82. The van der Waals surface area contributed by atoms with Crippen molar-refractivity contribution >= 4 is 0 Å². The summed E-state index contributed by atoms with van der Waals surface area (Å²) in [6.07, 6.45) is -4.53. The highest BCUT2D eigenvalue weighted by Crippen LogP contribution is 2.34. The normalized spacial score (nSPS) is 13.9. The minimum atomic E-state index is -4.52. The van der Waals surface area contributed by atoms with E-state index in [1.165, 1.54) is 12.3 Å². The van der Waals surface area contributed by atoms with Gasteiger partial charge in [-0.2, -0.15) is 17.9 Å². The fourth-order valence-corrected chi connectivity index (χ4v) is 1.32. The van der Waals surface area contributed by atoms with Gasteiger partial charge in [-0.15, -0.1) is 0 Å². The molecule has 0 saturated heterocycles. The number of aryl methyl sites for hydroxylation is 1. The van der Waals surface area contributed by atoms with Crippen molar-refractivity contribution in [3.05, 3.63) is 34.8 Å². The molecule has 0 aliphatic rings. The van der Waals surface area contributed by atoms with Crippen LogP contribution in [-0.2, 0) is 4.74 Å². The summed E-state index contributed by atoms with van der Waals surface area (Å²) in [4.78, 5) is 0. The molecule has 1 unspecified atom stereocenters. The Hall–Kier alpha value is -1.30. The molecule has 6 heteroatoms. The molecule has 0 aliphatic heterocycles. The van der Waals surface area contributed by atoms with Gasteiger partial charge in [-0.25, -0.2) is 0 Å². The molecule has 1 rings (SSSR count). The summed E-state index contributed by atoms with van der Waals surface area (Å²) in [5.74, 6) is 0. The Bertz CT molecular complexity index is 331. The standard InChI is InChI=1S/C9H10F3NO2/c1-6-3-7(5-13(14)4-6)8(15-2)9(10,11)12/h3-5,8H,1-2H3. The maximum atomic E-state index is 12.4. The lowest BCUT2D eigenvalue weighted by atomic mass is 10.1. The number of ether oxygens (including phenoxy) is 1. The van der Waals surface area contributed by atoms with Crippen LogP contribution in [0.2, 0.25) is 0 Å². The van der Waals surface area contributed by atoms with Crippen LogP contribution < -0.4 is 4.73 Å². The molecular formula is C9H10F3NO2. The van der Waals surface area contributed by atoms with Gasteiger partial charge in [0.2, 0.25) is 0 Å². The molecule has 1 heterocycles. The second kappa shape index (κ2) is 4.06. The van der Waals surface area contributed by atoms with Crippen LogP contribution in [0.5, 0.6) is 0 Å². The lowest BCUT2D eigenvalue weighted by Crippen LogP contribution is -2.30. The first-order valence-electron chi connectivity index (χ1n) is 4.14. The number of halogens is 3. The zero-order chi connectivity index (χ0) is 11.6. The van der Waals surface area contributed by atoms with E-state index in [0.29, 0.717) is 10.3 Å². The Labute approximate surface area is 84.7 Å². The van der Waals surface area contributed by atoms with E-state index in [9.17, 15) is 18.4 Å². The summed E-state index contributed by atoms with van der Waals surface area (Å²) in [6.45, 7) is 1.54. The molecule has 15 heavy (non-hydrogen) atoms. The monoisotopic (exact) mass is 221 g/mol. The topological polar surface area (TPSA) is 36.2 Å². The van der Waals surface area contributed by atoms with Gasteiger partial charge >= 0.3 is 6.18 Å². The Morgan fingerprint density at radius 3 is 2.40 bits per heavy atom. The van der Waals surface area contributed by atoms with Crippen LogP contribution in [0.3, 0.4) is 0 Å². The molecule has 0 aliphatic carbocycles. The minimum absolute atomic E-state index is 0.194. The molecule has 0 saturated carbocycles. The quantitative estimate of drug-likeness (QED) is 0.564. The lowest BCUT2D eigenvalue weighted by molar-refractivity contribution is -0.606. The van der Waals surface area contributed by atoms with Gasteiger partial charge in [0.15, 0.2) is 18.5 Å². The van der Waals surface area contributed by atoms with Gasteiger partial charge in [0.05, 0.1) is 5.56 Å². The predicted octanol–water partition coefficient (Wildman–Crippen LogP) is 1.88. The highest BCUT2D eigenvalue weighted by atomic mass is 19.4. The smallest absolute Gasteiger partial charge is 0.419 e. The van der Waals surface area contributed by atoms with Crippen molar-refractivity contribution in [2.75, 3.05) is 7.11 Å². The van der Waals surface area contributed by atoms with Crippen LogP contribution in [0.4, 0.5) is 13.2 Å². The first-order valence-corrected chi connectivity index (χ1v) is 4.14. The van der Waals surface area contributed by atoms with E-state index in [1.54, 1.807) is 6.92 Å². The van der Waals surface area contributed by atoms with E-state index < -0.39 is 12.3 Å². The van der Waals surface area contributed by atoms with Crippen LogP contribution in [0.25, 0.3) is 0 Å². The van der Waals surface area contributed by atoms with E-state index in [-0.39, 0.29) is 5.56 Å². The minimum Gasteiger partial charge on any atom is -0.619 e. The van der Waals surface area contributed by atoms with Crippen LogP contribution in [-0.4, -0.2) is 13.3 Å². The Kier molecular flexibility index (Phi) is 3.18. The third-order valence-electron chi connectivity index (χ3n) is 1.84. The van der Waals surface area contributed by atoms with Crippen molar-refractivity contribution in [1.82, 2.24) is 0 Å². The Balaban J connectivity index is 3.13. The van der Waals surface area contributed by atoms with Gasteiger partial charge < -0.3 is 9.94 Å². The van der Waals surface area contributed by atoms with Crippen molar-refractivity contribution in [2.24, 2.45) is 0 Å². The van der Waals surface area contributed by atoms with Crippen molar-refractivity contribution in [2.45, 2.75) is 19.2 Å². The molecule has 0 radical (unpaired) electrons. The first kappa shape index (κ1) is 11.8. The van der Waals surface area contributed by atoms with Gasteiger partial charge in [-0.3, -0.25) is 0 Å². The van der Waals surface area contributed by atoms with Crippen molar-refractivity contribution in [1.29, 1.82) is 0 Å². The maximum Gasteiger partial charge on any atom is 0.419 e. The molecule has 1 aromatic rings. The zero-order valence-electron chi connectivity index (χ0n) is 8.21. The number of nitrogens with zero attached hydrogens (tertiary/aromatic N) is 1. The van der Waals surface area contributed by atoms with Gasteiger partial charge in [0.1, 0.15) is 0 Å². The summed E-state index contributed by atoms with van der Waals surface area (Å²) in [7, 11) is 0.954. The molecule has 1 aromatic heterocycles. The van der Waals surface area contributed by atoms with E-state index in [2.05, 4.69) is 4.74 Å². The maximum absolute atomic E-state index is 12.4. The highest BCUT2D eigenvalue weighted by molar-refractivity contribution is 5.17. The number of hydrogen-bond acceptors (Lipinski definition) is 2. The molecule has 0 amide bonds. The fourth-order valence-electron chi connectivity index (χ4n) is 1.32. The number of alkyl halides is 3. The summed E-state index contributed by atoms with van der Waals surface area (Å²) in [5, 5.41) is 11.0. The first-order chi connectivity index (χ1) is 6.84. The number of methoxy groups -OCH3 is 1. The lowest BCUT2D eigenvalue weighted by Gasteiger charge is -2.18. The number of rotatable bonds is 2. The van der Waals surface area contributed by atoms with Crippen molar-refractivity contribution in [3.8, 4) is 0 Å². The average molecular weight is 221 g/mol. The van der Waals surface area contributed by atoms with Crippen LogP contribution in [0.15, 0.2) is 18.5 Å². The fraction of sp³-hybridized carbons (Fsp3) is 0.444. The van der Waals surface area contributed by atoms with Gasteiger partial charge in [0, 0.05) is 12.7 Å². The van der Waals surface area contributed by atoms with Crippen LogP contribution >= 0.6 is 0 Å². The molecule has 3 nitrogen and oxygen atoms in total. The van der Waals surface area contributed by atoms with Gasteiger partial charge in [-0.05, 0) is 13.0 Å². The van der Waals surface area contributed by atoms with Crippen molar-refractivity contribution < 1.29 is 22.6 Å². The molecule has 0 spiro atoms. The molecule has 0 aromatic carbocycles. The van der Waals surface area contributed by atoms with Crippen LogP contribution in [0, 0.1) is 12.1 Å². The second-order valence-corrected chi connectivity index (χ2v) is 3.16. The Morgan fingerprint density at radius 2 is 2.00 bits per heavy atom. The van der Waals surface area contributed by atoms with E-state index >= 15 is 0 Å². The highest BCUT2D eigenvalue weighted by Gasteiger charge is 2.42. The summed E-state index contributed by atoms with van der Waals surface area (Å²) < 4.78 is 42.0. The molecule has 0 bridgehead atoms. The zero-order valence-corrected chi connectivity index (χ0v) is 8.21. The third-order valence-corrected chi connectivity index (χ3v) is 1.84. The van der Waals surface area contributed by atoms with Crippen molar-refractivity contribution in [3.63, 3.8) is 0 Å². The van der Waals surface area contributed by atoms with Crippen LogP contribution in [0.1, 0.15) is 17.2 Å². The SMILES string of the molecule is COC(c1cc(C)c[n+]([O-])c1)C(F)(F)F. The largest absolute Gasteiger partial charge is 0.619 e.